The van der Waals surface area contributed by atoms with E-state index in [1.165, 1.54) is 6.92 Å². The van der Waals surface area contributed by atoms with Crippen molar-refractivity contribution in [2.75, 3.05) is 19.7 Å². The van der Waals surface area contributed by atoms with Gasteiger partial charge in [0.25, 0.3) is 0 Å². The van der Waals surface area contributed by atoms with E-state index in [0.29, 0.717) is 0 Å². The number of nitrogens with two attached hydrogens (primary N) is 1. The third-order valence-corrected chi connectivity index (χ3v) is 1.39. The summed E-state index contributed by atoms with van der Waals surface area (Å²) in [5.74, 6) is -0.406. The van der Waals surface area contributed by atoms with E-state index >= 15 is 0 Å². The van der Waals surface area contributed by atoms with E-state index in [2.05, 4.69) is 15.4 Å². The molecular formula is C8H15N3O4. The Labute approximate surface area is 87.3 Å². The van der Waals surface area contributed by atoms with Gasteiger partial charge in [0.15, 0.2) is 0 Å². The summed E-state index contributed by atoms with van der Waals surface area (Å²) in [4.78, 5) is 31.6. The fourth-order valence-electron chi connectivity index (χ4n) is 0.783. The second-order valence-electron chi connectivity index (χ2n) is 2.75. The molecular weight excluding hydrogens is 202 g/mol. The number of ether oxygens (including phenoxy) is 1. The summed E-state index contributed by atoms with van der Waals surface area (Å²) in [5, 5.41) is 4.97. The number of hydrogen-bond donors (Lipinski definition) is 3. The number of carbonyl (C=O) groups is 3. The number of nitrogens with one attached hydrogen (secondary N) is 2. The lowest BCUT2D eigenvalue weighted by Crippen LogP contribution is -2.32. The van der Waals surface area contributed by atoms with Crippen LogP contribution in [0, 0.1) is 0 Å². The highest BCUT2D eigenvalue weighted by molar-refractivity contribution is 5.77. The van der Waals surface area contributed by atoms with Crippen LogP contribution in [-0.4, -0.2) is 37.6 Å². The van der Waals surface area contributed by atoms with Gasteiger partial charge in [0.1, 0.15) is 6.61 Å². The molecule has 0 aliphatic rings. The molecule has 0 aliphatic heterocycles. The van der Waals surface area contributed by atoms with Crippen LogP contribution in [0.1, 0.15) is 13.3 Å². The first-order valence-corrected chi connectivity index (χ1v) is 4.45. The minimum atomic E-state index is -0.873. The zero-order chi connectivity index (χ0) is 11.7. The van der Waals surface area contributed by atoms with Gasteiger partial charge in [-0.2, -0.15) is 0 Å². The molecule has 3 amide bonds. The lowest BCUT2D eigenvalue weighted by molar-refractivity contribution is -0.121. The predicted molar refractivity (Wildman–Crippen MR) is 51.8 cm³/mol. The van der Waals surface area contributed by atoms with Crippen molar-refractivity contribution < 1.29 is 19.1 Å². The SMILES string of the molecule is CC(=O)NCCC(=O)NCCOC(N)=O. The van der Waals surface area contributed by atoms with Crippen LogP contribution in [0.5, 0.6) is 0 Å². The fraction of sp³-hybridized carbons (Fsp3) is 0.625. The summed E-state index contributed by atoms with van der Waals surface area (Å²) >= 11 is 0. The van der Waals surface area contributed by atoms with Crippen LogP contribution in [0.2, 0.25) is 0 Å². The highest BCUT2D eigenvalue weighted by atomic mass is 16.5. The molecule has 0 atom stereocenters. The van der Waals surface area contributed by atoms with Crippen LogP contribution in [0.4, 0.5) is 4.79 Å². The van der Waals surface area contributed by atoms with E-state index in [0.717, 1.165) is 0 Å². The van der Waals surface area contributed by atoms with Crippen molar-refractivity contribution in [3.05, 3.63) is 0 Å². The van der Waals surface area contributed by atoms with Gasteiger partial charge in [-0.25, -0.2) is 4.79 Å². The third-order valence-electron chi connectivity index (χ3n) is 1.39. The number of rotatable bonds is 6. The Morgan fingerprint density at radius 2 is 1.87 bits per heavy atom. The quantitative estimate of drug-likeness (QED) is 0.481. The third kappa shape index (κ3) is 10.1. The van der Waals surface area contributed by atoms with E-state index in [1.807, 2.05) is 0 Å². The van der Waals surface area contributed by atoms with Crippen molar-refractivity contribution in [1.29, 1.82) is 0 Å². The maximum absolute atomic E-state index is 11.0. The molecule has 7 nitrogen and oxygen atoms in total. The maximum Gasteiger partial charge on any atom is 0.404 e. The van der Waals surface area contributed by atoms with Crippen LogP contribution in [0.15, 0.2) is 0 Å². The predicted octanol–water partition coefficient (Wildman–Crippen LogP) is -1.28. The highest BCUT2D eigenvalue weighted by Gasteiger charge is 2.01. The molecule has 7 heteroatoms. The summed E-state index contributed by atoms with van der Waals surface area (Å²) < 4.78 is 4.39. The molecule has 0 bridgehead atoms. The second-order valence-corrected chi connectivity index (χ2v) is 2.75. The number of primary amides is 1. The zero-order valence-electron chi connectivity index (χ0n) is 8.54. The summed E-state index contributed by atoms with van der Waals surface area (Å²) in [6, 6.07) is 0. The Kier molecular flexibility index (Phi) is 6.69. The largest absolute Gasteiger partial charge is 0.448 e. The Hall–Kier alpha value is -1.79. The van der Waals surface area contributed by atoms with E-state index in [9.17, 15) is 14.4 Å². The van der Waals surface area contributed by atoms with Crippen LogP contribution in [-0.2, 0) is 14.3 Å². The van der Waals surface area contributed by atoms with Crippen LogP contribution < -0.4 is 16.4 Å². The fourth-order valence-corrected chi connectivity index (χ4v) is 0.783. The van der Waals surface area contributed by atoms with Gasteiger partial charge in [0, 0.05) is 19.9 Å². The van der Waals surface area contributed by atoms with Crippen molar-refractivity contribution in [1.82, 2.24) is 10.6 Å². The van der Waals surface area contributed by atoms with Crippen LogP contribution in [0.3, 0.4) is 0 Å². The monoisotopic (exact) mass is 217 g/mol. The van der Waals surface area contributed by atoms with E-state index < -0.39 is 6.09 Å². The van der Waals surface area contributed by atoms with Crippen molar-refractivity contribution >= 4 is 17.9 Å². The Morgan fingerprint density at radius 1 is 1.20 bits per heavy atom. The van der Waals surface area contributed by atoms with Gasteiger partial charge in [-0.05, 0) is 0 Å². The molecule has 0 aromatic heterocycles. The van der Waals surface area contributed by atoms with Gasteiger partial charge in [-0.1, -0.05) is 0 Å². The van der Waals surface area contributed by atoms with Crippen LogP contribution >= 0.6 is 0 Å². The van der Waals surface area contributed by atoms with E-state index in [-0.39, 0.29) is 37.9 Å². The van der Waals surface area contributed by atoms with Crippen LogP contribution in [0.25, 0.3) is 0 Å². The molecule has 0 fully saturated rings. The number of amides is 3. The zero-order valence-corrected chi connectivity index (χ0v) is 8.54. The molecule has 4 N–H and O–H groups in total. The van der Waals surface area contributed by atoms with Gasteiger partial charge >= 0.3 is 6.09 Å². The topological polar surface area (TPSA) is 111 Å². The Morgan fingerprint density at radius 3 is 2.40 bits per heavy atom. The molecule has 0 spiro atoms. The molecule has 0 aromatic carbocycles. The van der Waals surface area contributed by atoms with E-state index in [4.69, 9.17) is 5.73 Å². The molecule has 0 saturated heterocycles. The molecule has 0 unspecified atom stereocenters. The minimum absolute atomic E-state index is 0.0429. The molecule has 0 aromatic rings. The van der Waals surface area contributed by atoms with Crippen molar-refractivity contribution in [2.24, 2.45) is 5.73 Å². The Bertz CT molecular complexity index is 242. The molecule has 15 heavy (non-hydrogen) atoms. The first-order valence-electron chi connectivity index (χ1n) is 4.45. The normalized spacial score (nSPS) is 9.13. The lowest BCUT2D eigenvalue weighted by atomic mass is 10.4. The number of hydrogen-bond acceptors (Lipinski definition) is 4. The minimum Gasteiger partial charge on any atom is -0.448 e. The molecule has 0 rings (SSSR count). The first-order chi connectivity index (χ1) is 7.02. The first kappa shape index (κ1) is 13.2. The molecule has 86 valence electrons. The van der Waals surface area contributed by atoms with Gasteiger partial charge in [-0.15, -0.1) is 0 Å². The van der Waals surface area contributed by atoms with E-state index in [1.54, 1.807) is 0 Å². The average molecular weight is 217 g/mol. The van der Waals surface area contributed by atoms with Gasteiger partial charge in [0.2, 0.25) is 11.8 Å². The second kappa shape index (κ2) is 7.60. The summed E-state index contributed by atoms with van der Waals surface area (Å²) in [5.41, 5.74) is 4.70. The summed E-state index contributed by atoms with van der Waals surface area (Å²) in [6.45, 7) is 1.92. The number of carbonyl (C=O) groups excluding carboxylic acids is 3. The highest BCUT2D eigenvalue weighted by Crippen LogP contribution is 1.78. The molecule has 0 aliphatic carbocycles. The van der Waals surface area contributed by atoms with Crippen molar-refractivity contribution in [3.63, 3.8) is 0 Å². The summed E-state index contributed by atoms with van der Waals surface area (Å²) in [7, 11) is 0. The molecule has 0 heterocycles. The summed E-state index contributed by atoms with van der Waals surface area (Å²) in [6.07, 6.45) is -0.682. The Balaban J connectivity index is 3.33. The average Bonchev–Trinajstić information content (AvgIpc) is 2.11. The van der Waals surface area contributed by atoms with Gasteiger partial charge in [-0.3, -0.25) is 9.59 Å². The molecule has 0 saturated carbocycles. The van der Waals surface area contributed by atoms with Gasteiger partial charge in [0.05, 0.1) is 6.54 Å². The standard InChI is InChI=1S/C8H15N3O4/c1-6(12)10-3-2-7(13)11-4-5-15-8(9)14/h2-5H2,1H3,(H2,9,14)(H,10,12)(H,11,13). The smallest absolute Gasteiger partial charge is 0.404 e. The van der Waals surface area contributed by atoms with Crippen molar-refractivity contribution in [2.45, 2.75) is 13.3 Å². The maximum atomic E-state index is 11.0. The van der Waals surface area contributed by atoms with Gasteiger partial charge < -0.3 is 21.1 Å². The molecule has 0 radical (unpaired) electrons. The van der Waals surface area contributed by atoms with Crippen molar-refractivity contribution in [3.8, 4) is 0 Å². The lowest BCUT2D eigenvalue weighted by Gasteiger charge is -2.05.